The molecule has 0 aliphatic carbocycles. The number of halogens is 1. The van der Waals surface area contributed by atoms with Crippen molar-refractivity contribution in [2.45, 2.75) is 6.10 Å². The summed E-state index contributed by atoms with van der Waals surface area (Å²) in [6, 6.07) is 15.2. The van der Waals surface area contributed by atoms with E-state index in [2.05, 4.69) is 26.5 Å². The second-order valence-electron chi connectivity index (χ2n) is 6.15. The number of benzene rings is 2. The van der Waals surface area contributed by atoms with Crippen molar-refractivity contribution in [1.82, 2.24) is 5.43 Å². The van der Waals surface area contributed by atoms with E-state index >= 15 is 0 Å². The number of nitrogens with one attached hydrogen (secondary N) is 1. The Morgan fingerprint density at radius 1 is 1.13 bits per heavy atom. The highest BCUT2D eigenvalue weighted by molar-refractivity contribution is 9.10. The third-order valence-corrected chi connectivity index (χ3v) is 4.57. The molecule has 4 rings (SSSR count). The van der Waals surface area contributed by atoms with Crippen LogP contribution in [0.4, 0.5) is 0 Å². The van der Waals surface area contributed by atoms with E-state index in [9.17, 15) is 9.59 Å². The van der Waals surface area contributed by atoms with Gasteiger partial charge in [0, 0.05) is 10.0 Å². The molecule has 1 atom stereocenters. The number of para-hydroxylation sites is 2. The topological polar surface area (TPSA) is 99.4 Å². The Balaban J connectivity index is 1.42. The zero-order chi connectivity index (χ0) is 20.9. The first kappa shape index (κ1) is 19.7. The van der Waals surface area contributed by atoms with E-state index in [1.807, 2.05) is 6.07 Å². The van der Waals surface area contributed by atoms with Gasteiger partial charge in [0.15, 0.2) is 11.5 Å². The monoisotopic (exact) mass is 470 g/mol. The molecule has 1 aliphatic heterocycles. The Kier molecular flexibility index (Phi) is 5.80. The first-order valence-electron chi connectivity index (χ1n) is 8.87. The molecule has 152 valence electrons. The number of carbonyl (C=O) groups excluding carboxylic acids is 2. The normalized spacial score (nSPS) is 15.0. The predicted molar refractivity (Wildman–Crippen MR) is 110 cm³/mol. The number of ether oxygens (including phenoxy) is 3. The van der Waals surface area contributed by atoms with Crippen LogP contribution in [0.15, 0.2) is 74.9 Å². The Morgan fingerprint density at radius 3 is 2.77 bits per heavy atom. The van der Waals surface area contributed by atoms with Gasteiger partial charge in [0.05, 0.1) is 12.5 Å². The van der Waals surface area contributed by atoms with E-state index in [1.165, 1.54) is 18.5 Å². The number of carbonyl (C=O) groups is 2. The molecule has 1 N–H and O–H groups in total. The van der Waals surface area contributed by atoms with Crippen LogP contribution < -0.4 is 19.6 Å². The molecular formula is C21H15BrN2O6. The highest BCUT2D eigenvalue weighted by Gasteiger charge is 2.27. The van der Waals surface area contributed by atoms with E-state index in [-0.39, 0.29) is 18.1 Å². The van der Waals surface area contributed by atoms with Crippen LogP contribution >= 0.6 is 15.9 Å². The molecule has 2 aromatic carbocycles. The van der Waals surface area contributed by atoms with Gasteiger partial charge in [-0.1, -0.05) is 28.1 Å². The maximum absolute atomic E-state index is 12.3. The van der Waals surface area contributed by atoms with Crippen molar-refractivity contribution in [3.63, 3.8) is 0 Å². The fourth-order valence-electron chi connectivity index (χ4n) is 2.64. The molecule has 3 aromatic rings. The molecule has 1 aromatic heterocycles. The molecule has 2 heterocycles. The highest BCUT2D eigenvalue weighted by atomic mass is 79.9. The maximum Gasteiger partial charge on any atom is 0.379 e. The lowest BCUT2D eigenvalue weighted by Crippen LogP contribution is -2.42. The Hall–Kier alpha value is -3.59. The van der Waals surface area contributed by atoms with Crippen LogP contribution in [0.5, 0.6) is 17.2 Å². The fraction of sp³-hybridized carbons (Fsp3) is 0.0952. The van der Waals surface area contributed by atoms with E-state index in [0.29, 0.717) is 17.1 Å². The van der Waals surface area contributed by atoms with Gasteiger partial charge in [0.2, 0.25) is 11.9 Å². The van der Waals surface area contributed by atoms with Crippen LogP contribution in [-0.2, 0) is 4.79 Å². The van der Waals surface area contributed by atoms with Crippen molar-refractivity contribution in [2.75, 3.05) is 6.61 Å². The van der Waals surface area contributed by atoms with Crippen LogP contribution in [-0.4, -0.2) is 30.8 Å². The maximum atomic E-state index is 12.3. The van der Waals surface area contributed by atoms with Gasteiger partial charge in [-0.2, -0.15) is 5.10 Å². The minimum Gasteiger partial charge on any atom is -0.485 e. The molecule has 1 unspecified atom stereocenters. The number of rotatable bonds is 5. The summed E-state index contributed by atoms with van der Waals surface area (Å²) in [5, 5.41) is 3.95. The summed E-state index contributed by atoms with van der Waals surface area (Å²) < 4.78 is 22.3. The Labute approximate surface area is 179 Å². The van der Waals surface area contributed by atoms with Gasteiger partial charge in [0.1, 0.15) is 12.4 Å². The summed E-state index contributed by atoms with van der Waals surface area (Å²) in [6.45, 7) is 0.0707. The lowest BCUT2D eigenvalue weighted by atomic mass is 10.2. The average molecular weight is 471 g/mol. The molecule has 1 aliphatic rings. The Morgan fingerprint density at radius 2 is 1.97 bits per heavy atom. The summed E-state index contributed by atoms with van der Waals surface area (Å²) >= 11 is 3.36. The molecule has 1 amide bonds. The first-order chi connectivity index (χ1) is 14.6. The quantitative estimate of drug-likeness (QED) is 0.265. The number of hydrogen-bond acceptors (Lipinski definition) is 7. The van der Waals surface area contributed by atoms with E-state index in [0.717, 1.165) is 4.47 Å². The number of furan rings is 1. The number of hydrogen-bond donors (Lipinski definition) is 1. The van der Waals surface area contributed by atoms with Gasteiger partial charge in [-0.3, -0.25) is 4.79 Å². The number of esters is 1. The van der Waals surface area contributed by atoms with E-state index in [1.54, 1.807) is 42.5 Å². The number of hydrazone groups is 1. The van der Waals surface area contributed by atoms with Gasteiger partial charge >= 0.3 is 5.97 Å². The third kappa shape index (κ3) is 4.52. The highest BCUT2D eigenvalue weighted by Crippen LogP contribution is 2.30. The molecule has 0 saturated heterocycles. The lowest BCUT2D eigenvalue weighted by Gasteiger charge is -2.24. The van der Waals surface area contributed by atoms with Crippen LogP contribution in [0, 0.1) is 0 Å². The van der Waals surface area contributed by atoms with Crippen LogP contribution in [0.3, 0.4) is 0 Å². The Bertz CT molecular complexity index is 1100. The van der Waals surface area contributed by atoms with Gasteiger partial charge in [0.25, 0.3) is 5.91 Å². The molecule has 0 bridgehead atoms. The van der Waals surface area contributed by atoms with Crippen molar-refractivity contribution >= 4 is 34.0 Å². The second kappa shape index (κ2) is 8.83. The molecular weight excluding hydrogens is 456 g/mol. The van der Waals surface area contributed by atoms with Crippen molar-refractivity contribution in [1.29, 1.82) is 0 Å². The smallest absolute Gasteiger partial charge is 0.379 e. The predicted octanol–water partition coefficient (Wildman–Crippen LogP) is 3.55. The molecule has 8 nitrogen and oxygen atoms in total. The molecule has 0 spiro atoms. The minimum absolute atomic E-state index is 0.0707. The second-order valence-corrected chi connectivity index (χ2v) is 7.06. The van der Waals surface area contributed by atoms with E-state index < -0.39 is 18.0 Å². The standard InChI is InChI=1S/C21H15BrN2O6/c22-14-7-8-15(30-21(26)18-6-3-9-27-18)13(10-14)11-23-24-20(25)19-12-28-16-4-1-2-5-17(16)29-19/h1-11,19H,12H2,(H,24,25). The summed E-state index contributed by atoms with van der Waals surface area (Å²) in [7, 11) is 0. The number of amides is 1. The summed E-state index contributed by atoms with van der Waals surface area (Å²) in [6.07, 6.45) is 1.91. The number of fused-ring (bicyclic) bond motifs is 1. The zero-order valence-corrected chi connectivity index (χ0v) is 17.0. The summed E-state index contributed by atoms with van der Waals surface area (Å²) in [5.74, 6) is 0.291. The van der Waals surface area contributed by atoms with Crippen molar-refractivity contribution in [3.05, 3.63) is 76.7 Å². The summed E-state index contributed by atoms with van der Waals surface area (Å²) in [5.41, 5.74) is 2.88. The van der Waals surface area contributed by atoms with Gasteiger partial charge in [-0.25, -0.2) is 10.2 Å². The molecule has 0 radical (unpaired) electrons. The van der Waals surface area contributed by atoms with Gasteiger partial charge in [-0.05, 0) is 42.5 Å². The van der Waals surface area contributed by atoms with Gasteiger partial charge in [-0.15, -0.1) is 0 Å². The van der Waals surface area contributed by atoms with Crippen molar-refractivity contribution in [3.8, 4) is 17.2 Å². The lowest BCUT2D eigenvalue weighted by molar-refractivity contribution is -0.130. The van der Waals surface area contributed by atoms with Crippen molar-refractivity contribution in [2.24, 2.45) is 5.10 Å². The zero-order valence-electron chi connectivity index (χ0n) is 15.4. The van der Waals surface area contributed by atoms with Crippen LogP contribution in [0.2, 0.25) is 0 Å². The van der Waals surface area contributed by atoms with Crippen LogP contribution in [0.1, 0.15) is 16.1 Å². The first-order valence-corrected chi connectivity index (χ1v) is 9.66. The molecule has 0 fully saturated rings. The largest absolute Gasteiger partial charge is 0.485 e. The van der Waals surface area contributed by atoms with E-state index in [4.69, 9.17) is 18.6 Å². The van der Waals surface area contributed by atoms with Crippen LogP contribution in [0.25, 0.3) is 0 Å². The SMILES string of the molecule is O=C(Oc1ccc(Br)cc1C=NNC(=O)C1COc2ccccc2O1)c1ccco1. The average Bonchev–Trinajstić information content (AvgIpc) is 3.30. The fourth-order valence-corrected chi connectivity index (χ4v) is 3.02. The minimum atomic E-state index is -0.837. The molecule has 9 heteroatoms. The molecule has 0 saturated carbocycles. The van der Waals surface area contributed by atoms with Crippen molar-refractivity contribution < 1.29 is 28.2 Å². The third-order valence-electron chi connectivity index (χ3n) is 4.08. The summed E-state index contributed by atoms with van der Waals surface area (Å²) in [4.78, 5) is 24.5. The molecule has 30 heavy (non-hydrogen) atoms. The van der Waals surface area contributed by atoms with Gasteiger partial charge < -0.3 is 18.6 Å². The number of nitrogens with zero attached hydrogens (tertiary/aromatic N) is 1.